The lowest BCUT2D eigenvalue weighted by Crippen LogP contribution is -2.31. The lowest BCUT2D eigenvalue weighted by Gasteiger charge is -2.16. The van der Waals surface area contributed by atoms with Crippen molar-refractivity contribution in [3.05, 3.63) is 53.9 Å². The zero-order chi connectivity index (χ0) is 19.3. The standard InChI is InChI=1S/C18H23N3O4S/c1-12(2)21-26(23,24)17-11-14(8-9-16(17)25-4)18(22)20-13(3)15-7-5-6-10-19-15/h5-13,21H,1-4H3,(H,20,22). The van der Waals surface area contributed by atoms with Crippen molar-refractivity contribution >= 4 is 15.9 Å². The van der Waals surface area contributed by atoms with Gasteiger partial charge in [0.1, 0.15) is 10.6 Å². The largest absolute Gasteiger partial charge is 0.495 e. The number of hydrogen-bond donors (Lipinski definition) is 2. The Morgan fingerprint density at radius 2 is 1.88 bits per heavy atom. The van der Waals surface area contributed by atoms with Gasteiger partial charge in [-0.1, -0.05) is 6.07 Å². The second-order valence-corrected chi connectivity index (χ2v) is 7.77. The van der Waals surface area contributed by atoms with Crippen molar-refractivity contribution in [2.45, 2.75) is 37.8 Å². The van der Waals surface area contributed by atoms with E-state index in [1.807, 2.05) is 13.0 Å². The molecule has 8 heteroatoms. The maximum atomic E-state index is 12.5. The van der Waals surface area contributed by atoms with Gasteiger partial charge in [0.05, 0.1) is 18.8 Å². The first-order valence-corrected chi connectivity index (χ1v) is 9.65. The summed E-state index contributed by atoms with van der Waals surface area (Å²) in [4.78, 5) is 16.7. The van der Waals surface area contributed by atoms with Crippen LogP contribution < -0.4 is 14.8 Å². The van der Waals surface area contributed by atoms with Gasteiger partial charge in [0.2, 0.25) is 10.0 Å². The topological polar surface area (TPSA) is 97.4 Å². The van der Waals surface area contributed by atoms with Crippen molar-refractivity contribution in [1.82, 2.24) is 15.0 Å². The van der Waals surface area contributed by atoms with Gasteiger partial charge in [-0.3, -0.25) is 9.78 Å². The molecule has 2 aromatic rings. The van der Waals surface area contributed by atoms with Gasteiger partial charge in [-0.25, -0.2) is 13.1 Å². The van der Waals surface area contributed by atoms with Crippen LogP contribution in [0.4, 0.5) is 0 Å². The molecule has 0 aliphatic rings. The first-order valence-electron chi connectivity index (χ1n) is 8.16. The van der Waals surface area contributed by atoms with Crippen molar-refractivity contribution < 1.29 is 17.9 Å². The maximum Gasteiger partial charge on any atom is 0.251 e. The molecule has 140 valence electrons. The molecular weight excluding hydrogens is 354 g/mol. The number of hydrogen-bond acceptors (Lipinski definition) is 5. The van der Waals surface area contributed by atoms with Gasteiger partial charge in [-0.2, -0.15) is 0 Å². The Hall–Kier alpha value is -2.45. The van der Waals surface area contributed by atoms with Crippen LogP contribution in [0.25, 0.3) is 0 Å². The zero-order valence-corrected chi connectivity index (χ0v) is 16.0. The summed E-state index contributed by atoms with van der Waals surface area (Å²) in [7, 11) is -2.42. The molecule has 1 unspecified atom stereocenters. The first kappa shape index (κ1) is 19.9. The number of pyridine rings is 1. The van der Waals surface area contributed by atoms with Gasteiger partial charge in [0.25, 0.3) is 5.91 Å². The minimum atomic E-state index is -3.81. The van der Waals surface area contributed by atoms with E-state index < -0.39 is 15.9 Å². The van der Waals surface area contributed by atoms with E-state index in [4.69, 9.17) is 4.74 Å². The Morgan fingerprint density at radius 1 is 1.15 bits per heavy atom. The molecule has 1 aromatic carbocycles. The minimum absolute atomic E-state index is 0.0770. The number of carbonyl (C=O) groups excluding carboxylic acids is 1. The van der Waals surface area contributed by atoms with E-state index in [0.717, 1.165) is 0 Å². The molecule has 0 saturated heterocycles. The summed E-state index contributed by atoms with van der Waals surface area (Å²) >= 11 is 0. The monoisotopic (exact) mass is 377 g/mol. The van der Waals surface area contributed by atoms with Gasteiger partial charge < -0.3 is 10.1 Å². The molecular formula is C18H23N3O4S. The molecule has 1 aromatic heterocycles. The summed E-state index contributed by atoms with van der Waals surface area (Å²) in [5.41, 5.74) is 0.932. The number of benzene rings is 1. The van der Waals surface area contributed by atoms with Gasteiger partial charge in [-0.05, 0) is 51.1 Å². The molecule has 0 spiro atoms. The molecule has 0 saturated carbocycles. The van der Waals surface area contributed by atoms with E-state index in [-0.39, 0.29) is 28.3 Å². The highest BCUT2D eigenvalue weighted by Crippen LogP contribution is 2.25. The number of nitrogens with zero attached hydrogens (tertiary/aromatic N) is 1. The van der Waals surface area contributed by atoms with Crippen LogP contribution in [-0.4, -0.2) is 32.5 Å². The van der Waals surface area contributed by atoms with Crippen molar-refractivity contribution in [2.75, 3.05) is 7.11 Å². The van der Waals surface area contributed by atoms with Crippen LogP contribution in [0.2, 0.25) is 0 Å². The van der Waals surface area contributed by atoms with Crippen LogP contribution in [0.5, 0.6) is 5.75 Å². The second-order valence-electron chi connectivity index (χ2n) is 6.09. The summed E-state index contributed by atoms with van der Waals surface area (Å²) < 4.78 is 32.6. The van der Waals surface area contributed by atoms with Crippen molar-refractivity contribution in [3.63, 3.8) is 0 Å². The van der Waals surface area contributed by atoms with Crippen molar-refractivity contribution in [3.8, 4) is 5.75 Å². The molecule has 0 aliphatic heterocycles. The van der Waals surface area contributed by atoms with Gasteiger partial charge >= 0.3 is 0 Å². The van der Waals surface area contributed by atoms with E-state index in [1.165, 1.54) is 25.3 Å². The van der Waals surface area contributed by atoms with Crippen LogP contribution in [0.15, 0.2) is 47.5 Å². The minimum Gasteiger partial charge on any atom is -0.495 e. The molecule has 1 atom stereocenters. The average molecular weight is 377 g/mol. The Balaban J connectivity index is 2.30. The Bertz CT molecular complexity index is 867. The highest BCUT2D eigenvalue weighted by atomic mass is 32.2. The van der Waals surface area contributed by atoms with Gasteiger partial charge in [0, 0.05) is 17.8 Å². The molecule has 7 nitrogen and oxygen atoms in total. The van der Waals surface area contributed by atoms with Crippen molar-refractivity contribution in [2.24, 2.45) is 0 Å². The molecule has 0 bridgehead atoms. The van der Waals surface area contributed by atoms with Crippen LogP contribution in [-0.2, 0) is 10.0 Å². The third-order valence-corrected chi connectivity index (χ3v) is 5.26. The van der Waals surface area contributed by atoms with Crippen LogP contribution in [0, 0.1) is 0 Å². The van der Waals surface area contributed by atoms with Gasteiger partial charge in [-0.15, -0.1) is 0 Å². The Morgan fingerprint density at radius 3 is 2.46 bits per heavy atom. The Kier molecular flexibility index (Phi) is 6.33. The summed E-state index contributed by atoms with van der Waals surface area (Å²) in [5, 5.41) is 2.81. The van der Waals surface area contributed by atoms with E-state index in [1.54, 1.807) is 32.2 Å². The number of ether oxygens (including phenoxy) is 1. The lowest BCUT2D eigenvalue weighted by atomic mass is 10.1. The number of rotatable bonds is 7. The summed E-state index contributed by atoms with van der Waals surface area (Å²) in [6, 6.07) is 9.13. The summed E-state index contributed by atoms with van der Waals surface area (Å²) in [6.07, 6.45) is 1.65. The van der Waals surface area contributed by atoms with E-state index in [2.05, 4.69) is 15.0 Å². The van der Waals surface area contributed by atoms with E-state index >= 15 is 0 Å². The highest BCUT2D eigenvalue weighted by molar-refractivity contribution is 7.89. The third kappa shape index (κ3) is 4.80. The lowest BCUT2D eigenvalue weighted by molar-refractivity contribution is 0.0939. The quantitative estimate of drug-likeness (QED) is 0.771. The zero-order valence-electron chi connectivity index (χ0n) is 15.2. The molecule has 0 aliphatic carbocycles. The summed E-state index contributed by atoms with van der Waals surface area (Å²) in [6.45, 7) is 5.24. The fourth-order valence-corrected chi connectivity index (χ4v) is 3.83. The Labute approximate surface area is 153 Å². The normalized spacial score (nSPS) is 12.7. The number of sulfonamides is 1. The number of amides is 1. The van der Waals surface area contributed by atoms with Crippen LogP contribution in [0.3, 0.4) is 0 Å². The number of carbonyl (C=O) groups is 1. The predicted molar refractivity (Wildman–Crippen MR) is 98.6 cm³/mol. The van der Waals surface area contributed by atoms with Crippen molar-refractivity contribution in [1.29, 1.82) is 0 Å². The molecule has 1 heterocycles. The summed E-state index contributed by atoms with van der Waals surface area (Å²) in [5.74, 6) is -0.223. The molecule has 2 N–H and O–H groups in total. The average Bonchev–Trinajstić information content (AvgIpc) is 2.60. The third-order valence-electron chi connectivity index (χ3n) is 3.59. The SMILES string of the molecule is COc1ccc(C(=O)NC(C)c2ccccn2)cc1S(=O)(=O)NC(C)C. The molecule has 0 radical (unpaired) electrons. The van der Waals surface area contributed by atoms with Crippen LogP contribution >= 0.6 is 0 Å². The first-order chi connectivity index (χ1) is 12.2. The second kappa shape index (κ2) is 8.29. The number of aromatic nitrogens is 1. The molecule has 0 fully saturated rings. The number of nitrogens with one attached hydrogen (secondary N) is 2. The van der Waals surface area contributed by atoms with Gasteiger partial charge in [0.15, 0.2) is 0 Å². The fourth-order valence-electron chi connectivity index (χ4n) is 2.39. The highest BCUT2D eigenvalue weighted by Gasteiger charge is 2.23. The van der Waals surface area contributed by atoms with Crippen LogP contribution in [0.1, 0.15) is 42.9 Å². The number of methoxy groups -OCH3 is 1. The van der Waals surface area contributed by atoms with E-state index in [9.17, 15) is 13.2 Å². The smallest absolute Gasteiger partial charge is 0.251 e. The van der Waals surface area contributed by atoms with E-state index in [0.29, 0.717) is 5.69 Å². The predicted octanol–water partition coefficient (Wildman–Crippen LogP) is 2.27. The maximum absolute atomic E-state index is 12.5. The molecule has 26 heavy (non-hydrogen) atoms. The fraction of sp³-hybridized carbons (Fsp3) is 0.333. The molecule has 2 rings (SSSR count). The molecule has 1 amide bonds.